The number of nitriles is 1. The number of carbonyl (C=O) groups is 1. The summed E-state index contributed by atoms with van der Waals surface area (Å²) < 4.78 is 7.58. The molecule has 3 rings (SSSR count). The number of aliphatic hydroxyl groups excluding tert-OH is 1. The standard InChI is InChI=1S/C18H17N3O3/c19-10-13-3-5-15(6-4-13)20-18(23)14-2-1-9-21(11-14)17-8-7-16(12-22)24-17/h1-6,9,11,16-17,22H,7-8,12H2/p+1. The van der Waals surface area contributed by atoms with E-state index in [-0.39, 0.29) is 24.8 Å². The molecule has 24 heavy (non-hydrogen) atoms. The SMILES string of the molecule is N#Cc1ccc(NC(=O)c2ccc[n+](C3CCC(CO)O3)c2)cc1. The second-order valence-corrected chi connectivity index (χ2v) is 5.66. The molecule has 2 heterocycles. The van der Waals surface area contributed by atoms with E-state index >= 15 is 0 Å². The molecular weight excluding hydrogens is 306 g/mol. The maximum absolute atomic E-state index is 12.4. The average molecular weight is 324 g/mol. The summed E-state index contributed by atoms with van der Waals surface area (Å²) in [6, 6.07) is 12.3. The number of rotatable bonds is 4. The molecule has 0 bridgehead atoms. The van der Waals surface area contributed by atoms with Crippen molar-refractivity contribution in [2.24, 2.45) is 0 Å². The fourth-order valence-corrected chi connectivity index (χ4v) is 2.68. The third-order valence-corrected chi connectivity index (χ3v) is 3.98. The number of amides is 1. The Balaban J connectivity index is 1.71. The Kier molecular flexibility index (Phi) is 4.85. The first-order chi connectivity index (χ1) is 11.7. The summed E-state index contributed by atoms with van der Waals surface area (Å²) in [5.41, 5.74) is 1.69. The summed E-state index contributed by atoms with van der Waals surface area (Å²) in [7, 11) is 0. The van der Waals surface area contributed by atoms with Crippen LogP contribution in [-0.2, 0) is 4.74 Å². The Hall–Kier alpha value is -2.75. The van der Waals surface area contributed by atoms with E-state index in [4.69, 9.17) is 15.1 Å². The molecule has 122 valence electrons. The molecule has 0 radical (unpaired) electrons. The number of nitrogens with zero attached hydrogens (tertiary/aromatic N) is 2. The molecule has 2 atom stereocenters. The van der Waals surface area contributed by atoms with Crippen LogP contribution in [-0.4, -0.2) is 23.7 Å². The third-order valence-electron chi connectivity index (χ3n) is 3.98. The molecule has 1 aliphatic heterocycles. The van der Waals surface area contributed by atoms with Crippen LogP contribution in [0.4, 0.5) is 5.69 Å². The lowest BCUT2D eigenvalue weighted by Crippen LogP contribution is -2.40. The largest absolute Gasteiger partial charge is 0.394 e. The number of pyridine rings is 1. The van der Waals surface area contributed by atoms with Gasteiger partial charge in [-0.2, -0.15) is 9.83 Å². The molecule has 0 aliphatic carbocycles. The quantitative estimate of drug-likeness (QED) is 0.839. The normalized spacial score (nSPS) is 19.7. The Morgan fingerprint density at radius 2 is 2.12 bits per heavy atom. The summed E-state index contributed by atoms with van der Waals surface area (Å²) in [5, 5.41) is 20.8. The highest BCUT2D eigenvalue weighted by atomic mass is 16.5. The van der Waals surface area contributed by atoms with Crippen molar-refractivity contribution in [2.45, 2.75) is 25.2 Å². The minimum Gasteiger partial charge on any atom is -0.394 e. The van der Waals surface area contributed by atoms with E-state index in [0.717, 1.165) is 12.8 Å². The van der Waals surface area contributed by atoms with E-state index in [2.05, 4.69) is 5.32 Å². The average Bonchev–Trinajstić information content (AvgIpc) is 3.12. The zero-order valence-electron chi connectivity index (χ0n) is 13.1. The minimum absolute atomic E-state index is 0.00985. The van der Waals surface area contributed by atoms with Gasteiger partial charge in [0.25, 0.3) is 12.1 Å². The number of hydrogen-bond donors (Lipinski definition) is 2. The van der Waals surface area contributed by atoms with Crippen LogP contribution in [0.25, 0.3) is 0 Å². The van der Waals surface area contributed by atoms with E-state index in [0.29, 0.717) is 16.8 Å². The number of carbonyl (C=O) groups excluding carboxylic acids is 1. The van der Waals surface area contributed by atoms with Gasteiger partial charge in [0.15, 0.2) is 12.4 Å². The zero-order chi connectivity index (χ0) is 16.9. The minimum atomic E-state index is -0.231. The first-order valence-electron chi connectivity index (χ1n) is 7.78. The monoisotopic (exact) mass is 324 g/mol. The van der Waals surface area contributed by atoms with Gasteiger partial charge in [-0.25, -0.2) is 0 Å². The molecule has 2 unspecified atom stereocenters. The molecule has 1 saturated heterocycles. The predicted octanol–water partition coefficient (Wildman–Crippen LogP) is 1.77. The Bertz CT molecular complexity index is 768. The number of ether oxygens (including phenoxy) is 1. The molecule has 1 aliphatic rings. The van der Waals surface area contributed by atoms with Crippen LogP contribution in [0.5, 0.6) is 0 Å². The third kappa shape index (κ3) is 3.59. The number of nitrogens with one attached hydrogen (secondary N) is 1. The van der Waals surface area contributed by atoms with Crippen LogP contribution in [0.1, 0.15) is 35.0 Å². The highest BCUT2D eigenvalue weighted by Gasteiger charge is 2.31. The fraction of sp³-hybridized carbons (Fsp3) is 0.278. The Morgan fingerprint density at radius 3 is 2.79 bits per heavy atom. The molecular formula is C18H18N3O3+. The van der Waals surface area contributed by atoms with Crippen molar-refractivity contribution in [3.05, 3.63) is 59.9 Å². The van der Waals surface area contributed by atoms with Gasteiger partial charge in [-0.3, -0.25) is 4.79 Å². The Morgan fingerprint density at radius 1 is 1.33 bits per heavy atom. The topological polar surface area (TPSA) is 86.2 Å². The van der Waals surface area contributed by atoms with Crippen LogP contribution in [0.3, 0.4) is 0 Å². The van der Waals surface area contributed by atoms with Crippen molar-refractivity contribution >= 4 is 11.6 Å². The number of hydrogen-bond acceptors (Lipinski definition) is 4. The molecule has 1 aromatic heterocycles. The zero-order valence-corrected chi connectivity index (χ0v) is 13.1. The molecule has 0 spiro atoms. The Labute approximate surface area is 139 Å². The van der Waals surface area contributed by atoms with E-state index in [1.807, 2.05) is 16.8 Å². The first-order valence-corrected chi connectivity index (χ1v) is 7.78. The summed E-state index contributed by atoms with van der Waals surface area (Å²) in [5.74, 6) is -0.231. The van der Waals surface area contributed by atoms with Gasteiger partial charge in [-0.05, 0) is 36.8 Å². The van der Waals surface area contributed by atoms with Crippen LogP contribution < -0.4 is 9.88 Å². The number of aliphatic hydroxyl groups is 1. The molecule has 1 amide bonds. The van der Waals surface area contributed by atoms with Gasteiger partial charge >= 0.3 is 0 Å². The lowest BCUT2D eigenvalue weighted by molar-refractivity contribution is -0.759. The fourth-order valence-electron chi connectivity index (χ4n) is 2.68. The van der Waals surface area contributed by atoms with Gasteiger partial charge in [-0.15, -0.1) is 0 Å². The molecule has 2 N–H and O–H groups in total. The summed E-state index contributed by atoms with van der Waals surface area (Å²) in [6.07, 6.45) is 4.89. The lowest BCUT2D eigenvalue weighted by atomic mass is 10.2. The molecule has 6 nitrogen and oxygen atoms in total. The van der Waals surface area contributed by atoms with Crippen molar-refractivity contribution in [1.82, 2.24) is 0 Å². The predicted molar refractivity (Wildman–Crippen MR) is 86.0 cm³/mol. The second kappa shape index (κ2) is 7.21. The van der Waals surface area contributed by atoms with Gasteiger partial charge in [0.05, 0.1) is 24.3 Å². The van der Waals surface area contributed by atoms with Gasteiger partial charge in [-0.1, -0.05) is 0 Å². The van der Waals surface area contributed by atoms with Crippen LogP contribution >= 0.6 is 0 Å². The number of benzene rings is 1. The number of aromatic nitrogens is 1. The van der Waals surface area contributed by atoms with Crippen molar-refractivity contribution in [3.63, 3.8) is 0 Å². The van der Waals surface area contributed by atoms with Crippen LogP contribution in [0, 0.1) is 11.3 Å². The maximum Gasteiger partial charge on any atom is 0.262 e. The van der Waals surface area contributed by atoms with E-state index in [1.165, 1.54) is 0 Å². The highest BCUT2D eigenvalue weighted by molar-refractivity contribution is 6.03. The smallest absolute Gasteiger partial charge is 0.262 e. The summed E-state index contributed by atoms with van der Waals surface area (Å²) >= 11 is 0. The number of anilines is 1. The van der Waals surface area contributed by atoms with Crippen LogP contribution in [0.15, 0.2) is 48.8 Å². The van der Waals surface area contributed by atoms with Crippen molar-refractivity contribution in [3.8, 4) is 6.07 Å². The molecule has 1 aromatic carbocycles. The van der Waals surface area contributed by atoms with Gasteiger partial charge in [0, 0.05) is 18.2 Å². The van der Waals surface area contributed by atoms with Crippen LogP contribution in [0.2, 0.25) is 0 Å². The van der Waals surface area contributed by atoms with Crippen molar-refractivity contribution in [2.75, 3.05) is 11.9 Å². The van der Waals surface area contributed by atoms with E-state index in [9.17, 15) is 4.79 Å². The van der Waals surface area contributed by atoms with Gasteiger partial charge < -0.3 is 15.2 Å². The molecule has 2 aromatic rings. The van der Waals surface area contributed by atoms with Crippen molar-refractivity contribution in [1.29, 1.82) is 5.26 Å². The van der Waals surface area contributed by atoms with E-state index in [1.54, 1.807) is 42.6 Å². The molecule has 1 fully saturated rings. The van der Waals surface area contributed by atoms with Gasteiger partial charge in [0.2, 0.25) is 0 Å². The van der Waals surface area contributed by atoms with Gasteiger partial charge in [0.1, 0.15) is 5.56 Å². The summed E-state index contributed by atoms with van der Waals surface area (Å²) in [6.45, 7) is 0.00985. The highest BCUT2D eigenvalue weighted by Crippen LogP contribution is 2.23. The second-order valence-electron chi connectivity index (χ2n) is 5.66. The van der Waals surface area contributed by atoms with Crippen molar-refractivity contribution < 1.29 is 19.2 Å². The molecule has 6 heteroatoms. The van der Waals surface area contributed by atoms with E-state index < -0.39 is 0 Å². The summed E-state index contributed by atoms with van der Waals surface area (Å²) in [4.78, 5) is 12.4. The molecule has 0 saturated carbocycles. The maximum atomic E-state index is 12.4. The lowest BCUT2D eigenvalue weighted by Gasteiger charge is -2.09. The first kappa shape index (κ1) is 16.1.